The van der Waals surface area contributed by atoms with Crippen molar-refractivity contribution in [3.05, 3.63) is 58.2 Å². The highest BCUT2D eigenvalue weighted by molar-refractivity contribution is 7.13. The second kappa shape index (κ2) is 7.97. The summed E-state index contributed by atoms with van der Waals surface area (Å²) in [5, 5.41) is 6.31. The number of nitrogen functional groups attached to an aromatic ring is 1. The highest BCUT2D eigenvalue weighted by Gasteiger charge is 2.35. The van der Waals surface area contributed by atoms with Gasteiger partial charge >= 0.3 is 0 Å². The molecule has 146 valence electrons. The number of aromatic amines is 1. The van der Waals surface area contributed by atoms with Gasteiger partial charge in [-0.25, -0.2) is 4.98 Å². The number of H-pyrrole nitrogens is 1. The number of nitrogens with one attached hydrogen (secondary N) is 2. The summed E-state index contributed by atoms with van der Waals surface area (Å²) in [7, 11) is 0. The number of rotatable bonds is 5. The van der Waals surface area contributed by atoms with Gasteiger partial charge in [0.15, 0.2) is 5.13 Å². The van der Waals surface area contributed by atoms with E-state index in [4.69, 9.17) is 17.3 Å². The third-order valence-electron chi connectivity index (χ3n) is 5.59. The number of nitrogens with zero attached hydrogens (tertiary/aromatic N) is 1. The van der Waals surface area contributed by atoms with E-state index in [2.05, 4.69) is 21.4 Å². The smallest absolute Gasteiger partial charge is 0.267 e. The normalized spacial score (nSPS) is 16.0. The van der Waals surface area contributed by atoms with Crippen molar-refractivity contribution in [1.82, 2.24) is 15.3 Å². The van der Waals surface area contributed by atoms with E-state index in [-0.39, 0.29) is 11.3 Å². The van der Waals surface area contributed by atoms with Gasteiger partial charge in [0.05, 0.1) is 5.69 Å². The zero-order valence-electron chi connectivity index (χ0n) is 15.5. The van der Waals surface area contributed by atoms with Gasteiger partial charge < -0.3 is 16.0 Å². The van der Waals surface area contributed by atoms with E-state index in [1.165, 1.54) is 17.8 Å². The van der Waals surface area contributed by atoms with Crippen molar-refractivity contribution >= 4 is 34.0 Å². The molecule has 0 unspecified atom stereocenters. The number of thiazole rings is 1. The summed E-state index contributed by atoms with van der Waals surface area (Å²) < 4.78 is 0. The molecule has 1 saturated carbocycles. The lowest BCUT2D eigenvalue weighted by Crippen LogP contribution is -2.42. The first-order valence-electron chi connectivity index (χ1n) is 9.50. The molecule has 7 heteroatoms. The molecule has 1 aliphatic rings. The van der Waals surface area contributed by atoms with Gasteiger partial charge in [-0.05, 0) is 30.5 Å². The number of halogens is 1. The molecule has 0 bridgehead atoms. The van der Waals surface area contributed by atoms with Gasteiger partial charge in [-0.2, -0.15) is 0 Å². The summed E-state index contributed by atoms with van der Waals surface area (Å²) in [4.78, 5) is 20.1. The van der Waals surface area contributed by atoms with Crippen molar-refractivity contribution < 1.29 is 4.79 Å². The van der Waals surface area contributed by atoms with E-state index < -0.39 is 0 Å². The Morgan fingerprint density at radius 1 is 1.29 bits per heavy atom. The van der Waals surface area contributed by atoms with Crippen LogP contribution in [-0.4, -0.2) is 22.4 Å². The number of hydrogen-bond donors (Lipinski definition) is 3. The SMILES string of the molecule is Nc1nc(-c2c[nH]c(C(=O)NCC3(c4ccccc4Cl)CCCCC3)c2)cs1. The lowest BCUT2D eigenvalue weighted by Gasteiger charge is -2.38. The highest BCUT2D eigenvalue weighted by Crippen LogP contribution is 2.41. The Kier molecular flexibility index (Phi) is 5.42. The first-order chi connectivity index (χ1) is 13.6. The number of anilines is 1. The van der Waals surface area contributed by atoms with Gasteiger partial charge in [0.1, 0.15) is 5.69 Å². The Hall–Kier alpha value is -2.31. The quantitative estimate of drug-likeness (QED) is 0.548. The number of aromatic nitrogens is 2. The second-order valence-corrected chi connectivity index (χ2v) is 8.67. The Morgan fingerprint density at radius 3 is 2.79 bits per heavy atom. The summed E-state index contributed by atoms with van der Waals surface area (Å²) in [6, 6.07) is 9.82. The van der Waals surface area contributed by atoms with Crippen LogP contribution >= 0.6 is 22.9 Å². The van der Waals surface area contributed by atoms with E-state index in [1.807, 2.05) is 29.6 Å². The molecule has 0 atom stereocenters. The van der Waals surface area contributed by atoms with Crippen molar-refractivity contribution in [2.24, 2.45) is 0 Å². The zero-order chi connectivity index (χ0) is 19.6. The Morgan fingerprint density at radius 2 is 2.07 bits per heavy atom. The molecule has 0 radical (unpaired) electrons. The van der Waals surface area contributed by atoms with Crippen molar-refractivity contribution in [3.63, 3.8) is 0 Å². The number of benzene rings is 1. The Bertz CT molecular complexity index is 974. The third-order valence-corrected chi connectivity index (χ3v) is 6.59. The maximum atomic E-state index is 12.8. The maximum absolute atomic E-state index is 12.8. The van der Waals surface area contributed by atoms with Crippen molar-refractivity contribution in [3.8, 4) is 11.3 Å². The molecule has 2 aromatic heterocycles. The molecule has 3 aromatic rings. The lowest BCUT2D eigenvalue weighted by molar-refractivity contribution is 0.0932. The van der Waals surface area contributed by atoms with Crippen LogP contribution < -0.4 is 11.1 Å². The van der Waals surface area contributed by atoms with Gasteiger partial charge in [0.2, 0.25) is 0 Å². The summed E-state index contributed by atoms with van der Waals surface area (Å²) >= 11 is 7.90. The van der Waals surface area contributed by atoms with Gasteiger partial charge in [0, 0.05) is 34.1 Å². The topological polar surface area (TPSA) is 83.8 Å². The van der Waals surface area contributed by atoms with Crippen LogP contribution in [0.4, 0.5) is 5.13 Å². The molecular formula is C21H23ClN4OS. The number of hydrogen-bond acceptors (Lipinski definition) is 4. The molecule has 5 nitrogen and oxygen atoms in total. The van der Waals surface area contributed by atoms with Crippen LogP contribution in [0.2, 0.25) is 5.02 Å². The molecular weight excluding hydrogens is 392 g/mol. The first kappa shape index (κ1) is 19.0. The summed E-state index contributed by atoms with van der Waals surface area (Å²) in [6.07, 6.45) is 7.39. The van der Waals surface area contributed by atoms with Crippen molar-refractivity contribution in [2.75, 3.05) is 12.3 Å². The minimum absolute atomic E-state index is 0.106. The van der Waals surface area contributed by atoms with E-state index in [9.17, 15) is 4.79 Å². The Balaban J connectivity index is 1.51. The van der Waals surface area contributed by atoms with Crippen LogP contribution in [0.25, 0.3) is 11.3 Å². The summed E-state index contributed by atoms with van der Waals surface area (Å²) in [5.74, 6) is -0.119. The summed E-state index contributed by atoms with van der Waals surface area (Å²) in [6.45, 7) is 0.577. The molecule has 2 heterocycles. The van der Waals surface area contributed by atoms with Crippen LogP contribution in [0.15, 0.2) is 41.9 Å². The van der Waals surface area contributed by atoms with E-state index in [0.717, 1.165) is 47.5 Å². The second-order valence-electron chi connectivity index (χ2n) is 7.38. The molecule has 4 rings (SSSR count). The van der Waals surface area contributed by atoms with E-state index >= 15 is 0 Å². The van der Waals surface area contributed by atoms with Crippen molar-refractivity contribution in [1.29, 1.82) is 0 Å². The van der Waals surface area contributed by atoms with Crippen LogP contribution in [0.5, 0.6) is 0 Å². The third kappa shape index (κ3) is 3.80. The van der Waals surface area contributed by atoms with E-state index in [0.29, 0.717) is 17.4 Å². The lowest BCUT2D eigenvalue weighted by atomic mass is 9.69. The zero-order valence-corrected chi connectivity index (χ0v) is 17.1. The Labute approximate surface area is 173 Å². The molecule has 1 aromatic carbocycles. The minimum Gasteiger partial charge on any atom is -0.375 e. The van der Waals surface area contributed by atoms with Gasteiger partial charge in [-0.1, -0.05) is 49.1 Å². The standard InChI is InChI=1S/C21H23ClN4OS/c22-16-7-3-2-6-15(16)21(8-4-1-5-9-21)13-25-19(27)17-10-14(11-24-17)18-12-28-20(23)26-18/h2-3,6-7,10-12,24H,1,4-5,8-9,13H2,(H2,23,26)(H,25,27). The average molecular weight is 415 g/mol. The fraction of sp³-hybridized carbons (Fsp3) is 0.333. The van der Waals surface area contributed by atoms with Gasteiger partial charge in [-0.15, -0.1) is 11.3 Å². The molecule has 0 aliphatic heterocycles. The molecule has 28 heavy (non-hydrogen) atoms. The number of carbonyl (C=O) groups excluding carboxylic acids is 1. The van der Waals surface area contributed by atoms with E-state index in [1.54, 1.807) is 6.20 Å². The first-order valence-corrected chi connectivity index (χ1v) is 10.8. The van der Waals surface area contributed by atoms with Gasteiger partial charge in [0.25, 0.3) is 5.91 Å². The molecule has 1 aliphatic carbocycles. The average Bonchev–Trinajstić information content (AvgIpc) is 3.36. The summed E-state index contributed by atoms with van der Waals surface area (Å²) in [5.41, 5.74) is 8.89. The molecule has 1 amide bonds. The highest BCUT2D eigenvalue weighted by atomic mass is 35.5. The van der Waals surface area contributed by atoms with Gasteiger partial charge in [-0.3, -0.25) is 4.79 Å². The van der Waals surface area contributed by atoms with Crippen LogP contribution in [0.1, 0.15) is 48.2 Å². The monoisotopic (exact) mass is 414 g/mol. The molecule has 0 spiro atoms. The maximum Gasteiger partial charge on any atom is 0.267 e. The predicted molar refractivity (Wildman–Crippen MR) is 115 cm³/mol. The molecule has 1 fully saturated rings. The minimum atomic E-state index is -0.119. The number of amides is 1. The van der Waals surface area contributed by atoms with Crippen LogP contribution in [0, 0.1) is 0 Å². The molecule has 0 saturated heterocycles. The fourth-order valence-corrected chi connectivity index (χ4v) is 5.01. The molecule has 4 N–H and O–H groups in total. The van der Waals surface area contributed by atoms with Crippen molar-refractivity contribution in [2.45, 2.75) is 37.5 Å². The van der Waals surface area contributed by atoms with Crippen LogP contribution in [-0.2, 0) is 5.41 Å². The van der Waals surface area contributed by atoms with Crippen LogP contribution in [0.3, 0.4) is 0 Å². The number of nitrogens with two attached hydrogens (primary N) is 1. The number of carbonyl (C=O) groups is 1. The fourth-order valence-electron chi connectivity index (χ4n) is 4.10. The largest absolute Gasteiger partial charge is 0.375 e. The predicted octanol–water partition coefficient (Wildman–Crippen LogP) is 5.01.